The lowest BCUT2D eigenvalue weighted by atomic mass is 10.1. The number of rotatable bonds is 1. The molecule has 0 aliphatic carbocycles. The Hall–Kier alpha value is -1.39. The molecule has 1 amide bonds. The number of halogens is 2. The molecule has 2 heterocycles. The highest BCUT2D eigenvalue weighted by atomic mass is 79.9. The second-order valence-corrected chi connectivity index (χ2v) is 6.31. The molecule has 0 radical (unpaired) electrons. The maximum absolute atomic E-state index is 12.9. The normalized spacial score (nSPS) is 14.5. The molecule has 0 saturated carbocycles. The zero-order chi connectivity index (χ0) is 14.8. The van der Waals surface area contributed by atoms with E-state index < -0.39 is 0 Å². The van der Waals surface area contributed by atoms with Crippen LogP contribution in [0.1, 0.15) is 28.8 Å². The van der Waals surface area contributed by atoms with Crippen LogP contribution in [-0.4, -0.2) is 17.4 Å². The van der Waals surface area contributed by atoms with Gasteiger partial charge in [-0.2, -0.15) is 0 Å². The fraction of sp³-hybridized carbons (Fsp3) is 0.250. The molecule has 1 aliphatic heterocycles. The number of fused-ring (bicyclic) bond motifs is 1. The predicted octanol–water partition coefficient (Wildman–Crippen LogP) is 4.48. The summed E-state index contributed by atoms with van der Waals surface area (Å²) in [7, 11) is 0. The van der Waals surface area contributed by atoms with Crippen LogP contribution in [0.15, 0.2) is 41.0 Å². The Morgan fingerprint density at radius 3 is 2.95 bits per heavy atom. The summed E-state index contributed by atoms with van der Waals surface area (Å²) in [5.41, 5.74) is 2.63. The number of nitrogens with zero attached hydrogens (tertiary/aromatic N) is 2. The second kappa shape index (κ2) is 6.16. The van der Waals surface area contributed by atoms with Gasteiger partial charge in [-0.05, 0) is 52.9 Å². The molecule has 3 nitrogen and oxygen atoms in total. The summed E-state index contributed by atoms with van der Waals surface area (Å²) in [6, 6.07) is 9.79. The molecule has 0 fully saturated rings. The summed E-state index contributed by atoms with van der Waals surface area (Å²) >= 11 is 9.44. The maximum Gasteiger partial charge on any atom is 0.261 e. The van der Waals surface area contributed by atoms with E-state index in [1.54, 1.807) is 12.3 Å². The van der Waals surface area contributed by atoms with Crippen LogP contribution in [0.5, 0.6) is 0 Å². The van der Waals surface area contributed by atoms with Gasteiger partial charge in [-0.1, -0.05) is 29.8 Å². The minimum atomic E-state index is -0.0943. The monoisotopic (exact) mass is 364 g/mol. The third kappa shape index (κ3) is 2.97. The van der Waals surface area contributed by atoms with Gasteiger partial charge in [0, 0.05) is 22.9 Å². The van der Waals surface area contributed by atoms with Crippen LogP contribution in [-0.2, 0) is 6.42 Å². The summed E-state index contributed by atoms with van der Waals surface area (Å²) in [5.74, 6) is -0.0943. The van der Waals surface area contributed by atoms with E-state index in [4.69, 9.17) is 11.6 Å². The highest BCUT2D eigenvalue weighted by molar-refractivity contribution is 9.10. The van der Waals surface area contributed by atoms with Gasteiger partial charge < -0.3 is 4.90 Å². The Balaban J connectivity index is 2.03. The van der Waals surface area contributed by atoms with Crippen LogP contribution >= 0.6 is 27.5 Å². The molecular weight excluding hydrogens is 352 g/mol. The topological polar surface area (TPSA) is 33.2 Å². The Bertz CT molecular complexity index is 690. The first-order valence-electron chi connectivity index (χ1n) is 6.87. The molecular formula is C16H14BrClN2O. The first-order valence-corrected chi connectivity index (χ1v) is 8.05. The summed E-state index contributed by atoms with van der Waals surface area (Å²) in [6.45, 7) is 0.707. The molecule has 0 spiro atoms. The third-order valence-electron chi connectivity index (χ3n) is 3.64. The molecule has 0 saturated heterocycles. The number of carbonyl (C=O) groups is 1. The highest BCUT2D eigenvalue weighted by Gasteiger charge is 2.24. The lowest BCUT2D eigenvalue weighted by Crippen LogP contribution is -2.32. The quantitative estimate of drug-likeness (QED) is 0.698. The van der Waals surface area contributed by atoms with Gasteiger partial charge in [0.15, 0.2) is 0 Å². The van der Waals surface area contributed by atoms with Crippen LogP contribution in [0, 0.1) is 0 Å². The van der Waals surface area contributed by atoms with E-state index in [0.717, 1.165) is 29.4 Å². The summed E-state index contributed by atoms with van der Waals surface area (Å²) < 4.78 is 0.748. The molecule has 108 valence electrons. The van der Waals surface area contributed by atoms with Crippen LogP contribution in [0.25, 0.3) is 0 Å². The minimum Gasteiger partial charge on any atom is -0.308 e. The van der Waals surface area contributed by atoms with Crippen molar-refractivity contribution in [3.8, 4) is 0 Å². The van der Waals surface area contributed by atoms with Crippen LogP contribution < -0.4 is 4.90 Å². The van der Waals surface area contributed by atoms with Crippen LogP contribution in [0.2, 0.25) is 5.15 Å². The fourth-order valence-electron chi connectivity index (χ4n) is 2.62. The number of amides is 1. The molecule has 1 aromatic carbocycles. The van der Waals surface area contributed by atoms with Crippen molar-refractivity contribution in [3.63, 3.8) is 0 Å². The zero-order valence-corrected chi connectivity index (χ0v) is 13.7. The molecule has 1 aromatic heterocycles. The van der Waals surface area contributed by atoms with E-state index >= 15 is 0 Å². The van der Waals surface area contributed by atoms with Gasteiger partial charge in [-0.3, -0.25) is 4.79 Å². The summed E-state index contributed by atoms with van der Waals surface area (Å²) in [6.07, 6.45) is 4.67. The zero-order valence-electron chi connectivity index (χ0n) is 11.4. The van der Waals surface area contributed by atoms with Gasteiger partial charge in [-0.25, -0.2) is 4.98 Å². The predicted molar refractivity (Wildman–Crippen MR) is 88.0 cm³/mol. The average molecular weight is 366 g/mol. The summed E-state index contributed by atoms with van der Waals surface area (Å²) in [4.78, 5) is 18.7. The Labute approximate surface area is 137 Å². The number of hydrogen-bond acceptors (Lipinski definition) is 2. The lowest BCUT2D eigenvalue weighted by Gasteiger charge is -2.23. The molecule has 2 aromatic rings. The van der Waals surface area contributed by atoms with E-state index in [-0.39, 0.29) is 11.1 Å². The van der Waals surface area contributed by atoms with E-state index in [0.29, 0.717) is 12.1 Å². The first kappa shape index (κ1) is 14.5. The van der Waals surface area contributed by atoms with E-state index in [2.05, 4.69) is 27.0 Å². The van der Waals surface area contributed by atoms with Crippen molar-refractivity contribution >= 4 is 39.1 Å². The third-order valence-corrected chi connectivity index (χ3v) is 4.38. The lowest BCUT2D eigenvalue weighted by molar-refractivity contribution is 0.0986. The molecule has 1 aliphatic rings. The fourth-order valence-corrected chi connectivity index (χ4v) is 3.14. The SMILES string of the molecule is O=C(c1cc(Br)cnc1Cl)N1CCCCc2ccccc21. The molecule has 0 unspecified atom stereocenters. The number of aryl methyl sites for hydroxylation is 1. The average Bonchev–Trinajstić information content (AvgIpc) is 2.71. The van der Waals surface area contributed by atoms with Crippen molar-refractivity contribution in [1.29, 1.82) is 0 Å². The molecule has 0 N–H and O–H groups in total. The molecule has 5 heteroatoms. The molecule has 3 rings (SSSR count). The van der Waals surface area contributed by atoms with E-state index in [1.807, 2.05) is 23.1 Å². The number of pyridine rings is 1. The van der Waals surface area contributed by atoms with Gasteiger partial charge in [0.05, 0.1) is 5.56 Å². The van der Waals surface area contributed by atoms with Crippen molar-refractivity contribution in [2.24, 2.45) is 0 Å². The number of hydrogen-bond donors (Lipinski definition) is 0. The Kier molecular flexibility index (Phi) is 4.27. The van der Waals surface area contributed by atoms with Gasteiger partial charge in [0.2, 0.25) is 0 Å². The Morgan fingerprint density at radius 2 is 2.10 bits per heavy atom. The smallest absolute Gasteiger partial charge is 0.261 e. The number of carbonyl (C=O) groups excluding carboxylic acids is 1. The molecule has 0 atom stereocenters. The Morgan fingerprint density at radius 1 is 1.29 bits per heavy atom. The molecule has 21 heavy (non-hydrogen) atoms. The van der Waals surface area contributed by atoms with Gasteiger partial charge in [0.1, 0.15) is 5.15 Å². The second-order valence-electron chi connectivity index (χ2n) is 5.03. The number of para-hydroxylation sites is 1. The number of aromatic nitrogens is 1. The standard InChI is InChI=1S/C16H14BrClN2O/c17-12-9-13(15(18)19-10-12)16(21)20-8-4-3-6-11-5-1-2-7-14(11)20/h1-2,5,7,9-10H,3-4,6,8H2. The van der Waals surface area contributed by atoms with Gasteiger partial charge in [0.25, 0.3) is 5.91 Å². The van der Waals surface area contributed by atoms with Crippen LogP contribution in [0.3, 0.4) is 0 Å². The van der Waals surface area contributed by atoms with Crippen molar-refractivity contribution in [3.05, 3.63) is 57.3 Å². The largest absolute Gasteiger partial charge is 0.308 e. The van der Waals surface area contributed by atoms with Crippen molar-refractivity contribution in [2.45, 2.75) is 19.3 Å². The summed E-state index contributed by atoms with van der Waals surface area (Å²) in [5, 5.41) is 0.241. The van der Waals surface area contributed by atoms with Gasteiger partial charge in [-0.15, -0.1) is 0 Å². The van der Waals surface area contributed by atoms with E-state index in [9.17, 15) is 4.79 Å². The minimum absolute atomic E-state index is 0.0943. The van der Waals surface area contributed by atoms with Crippen molar-refractivity contribution in [1.82, 2.24) is 4.98 Å². The number of benzene rings is 1. The van der Waals surface area contributed by atoms with Crippen molar-refractivity contribution in [2.75, 3.05) is 11.4 Å². The van der Waals surface area contributed by atoms with Crippen molar-refractivity contribution < 1.29 is 4.79 Å². The first-order chi connectivity index (χ1) is 10.2. The van der Waals surface area contributed by atoms with Crippen LogP contribution in [0.4, 0.5) is 5.69 Å². The van der Waals surface area contributed by atoms with E-state index in [1.165, 1.54) is 5.56 Å². The maximum atomic E-state index is 12.9. The van der Waals surface area contributed by atoms with Gasteiger partial charge >= 0.3 is 0 Å². The highest BCUT2D eigenvalue weighted by Crippen LogP contribution is 2.29. The number of anilines is 1. The molecule has 0 bridgehead atoms.